The van der Waals surface area contributed by atoms with Crippen molar-refractivity contribution in [2.24, 2.45) is 13.0 Å². The van der Waals surface area contributed by atoms with Gasteiger partial charge in [-0.15, -0.1) is 0 Å². The van der Waals surface area contributed by atoms with Crippen LogP contribution in [0.2, 0.25) is 0 Å². The number of benzene rings is 1. The summed E-state index contributed by atoms with van der Waals surface area (Å²) in [5.41, 5.74) is 3.46. The zero-order valence-electron chi connectivity index (χ0n) is 14.9. The molecule has 0 aliphatic carbocycles. The van der Waals surface area contributed by atoms with Crippen molar-refractivity contribution in [1.82, 2.24) is 19.7 Å². The monoisotopic (exact) mass is 355 g/mol. The lowest BCUT2D eigenvalue weighted by atomic mass is 9.97. The van der Waals surface area contributed by atoms with E-state index in [0.29, 0.717) is 5.92 Å². The smallest absolute Gasteiger partial charge is 0.185 e. The van der Waals surface area contributed by atoms with Gasteiger partial charge in [0.25, 0.3) is 0 Å². The van der Waals surface area contributed by atoms with Crippen LogP contribution in [0.5, 0.6) is 0 Å². The molecule has 0 amide bonds. The van der Waals surface area contributed by atoms with Crippen LogP contribution in [0.4, 0.5) is 5.13 Å². The minimum Gasteiger partial charge on any atom is -0.361 e. The van der Waals surface area contributed by atoms with Gasteiger partial charge in [-0.2, -0.15) is 5.10 Å². The molecule has 3 heterocycles. The number of hydrogen-bond acceptors (Lipinski definition) is 5. The van der Waals surface area contributed by atoms with Crippen molar-refractivity contribution in [3.63, 3.8) is 0 Å². The van der Waals surface area contributed by atoms with E-state index in [9.17, 15) is 0 Å². The molecule has 1 atom stereocenters. The molecule has 25 heavy (non-hydrogen) atoms. The van der Waals surface area contributed by atoms with Crippen molar-refractivity contribution < 1.29 is 0 Å². The van der Waals surface area contributed by atoms with Crippen LogP contribution in [0.1, 0.15) is 24.1 Å². The number of aromatic nitrogens is 3. The summed E-state index contributed by atoms with van der Waals surface area (Å²) in [5, 5.41) is 9.01. The van der Waals surface area contributed by atoms with E-state index in [0.717, 1.165) is 36.1 Å². The van der Waals surface area contributed by atoms with Gasteiger partial charge in [0.15, 0.2) is 10.8 Å². The van der Waals surface area contributed by atoms with E-state index >= 15 is 0 Å². The topological polar surface area (TPSA) is 46.0 Å². The third kappa shape index (κ3) is 3.70. The number of likely N-dealkylation sites (tertiary alicyclic amines) is 1. The molecule has 3 aromatic rings. The minimum atomic E-state index is 0.684. The van der Waals surface area contributed by atoms with Crippen molar-refractivity contribution >= 4 is 26.8 Å². The molecule has 6 heteroatoms. The lowest BCUT2D eigenvalue weighted by Crippen LogP contribution is -2.37. The summed E-state index contributed by atoms with van der Waals surface area (Å²) in [6.07, 6.45) is 2.58. The summed E-state index contributed by atoms with van der Waals surface area (Å²) in [4.78, 5) is 7.28. The standard InChI is InChI=1S/C19H25N5S/c1-14-17-18(23(2)22-14)21-19(25-17)20-11-16-9-6-10-24(13-16)12-15-7-4-3-5-8-15/h3-5,7-8,16H,6,9-13H2,1-2H3,(H,20,21)/t16-/m1/s1. The number of aryl methyl sites for hydroxylation is 2. The minimum absolute atomic E-state index is 0.684. The zero-order chi connectivity index (χ0) is 17.2. The first kappa shape index (κ1) is 16.5. The summed E-state index contributed by atoms with van der Waals surface area (Å²) >= 11 is 1.72. The highest BCUT2D eigenvalue weighted by Gasteiger charge is 2.20. The number of nitrogens with one attached hydrogen (secondary N) is 1. The Morgan fingerprint density at radius 2 is 2.12 bits per heavy atom. The Morgan fingerprint density at radius 3 is 2.92 bits per heavy atom. The SMILES string of the molecule is Cc1nn(C)c2nc(NC[C@H]3CCCN(Cc4ccccc4)C3)sc12. The second-order valence-electron chi connectivity index (χ2n) is 6.99. The maximum Gasteiger partial charge on any atom is 0.185 e. The highest BCUT2D eigenvalue weighted by Crippen LogP contribution is 2.28. The fourth-order valence-electron chi connectivity index (χ4n) is 3.70. The largest absolute Gasteiger partial charge is 0.361 e. The molecule has 0 unspecified atom stereocenters. The Kier molecular flexibility index (Phi) is 4.72. The van der Waals surface area contributed by atoms with Crippen molar-refractivity contribution in [1.29, 1.82) is 0 Å². The average molecular weight is 356 g/mol. The number of hydrogen-bond donors (Lipinski definition) is 1. The van der Waals surface area contributed by atoms with E-state index in [1.807, 2.05) is 18.7 Å². The Hall–Kier alpha value is -1.92. The first-order chi connectivity index (χ1) is 12.2. The maximum atomic E-state index is 4.70. The van der Waals surface area contributed by atoms with Crippen molar-refractivity contribution in [2.75, 3.05) is 25.0 Å². The molecule has 1 saturated heterocycles. The van der Waals surface area contributed by atoms with Crippen molar-refractivity contribution in [3.05, 3.63) is 41.6 Å². The second kappa shape index (κ2) is 7.14. The van der Waals surface area contributed by atoms with E-state index < -0.39 is 0 Å². The third-order valence-electron chi connectivity index (χ3n) is 4.94. The molecule has 0 radical (unpaired) electrons. The van der Waals surface area contributed by atoms with Crippen LogP contribution < -0.4 is 5.32 Å². The molecule has 0 spiro atoms. The molecule has 0 bridgehead atoms. The Bertz CT molecular complexity index is 804. The van der Waals surface area contributed by atoms with Crippen LogP contribution >= 0.6 is 11.3 Å². The fraction of sp³-hybridized carbons (Fsp3) is 0.474. The summed E-state index contributed by atoms with van der Waals surface area (Å²) < 4.78 is 3.06. The van der Waals surface area contributed by atoms with Crippen LogP contribution in [-0.4, -0.2) is 39.3 Å². The number of fused-ring (bicyclic) bond motifs is 1. The van der Waals surface area contributed by atoms with Gasteiger partial charge in [-0.3, -0.25) is 4.90 Å². The highest BCUT2D eigenvalue weighted by atomic mass is 32.1. The van der Waals surface area contributed by atoms with E-state index in [4.69, 9.17) is 4.98 Å². The quantitative estimate of drug-likeness (QED) is 0.759. The van der Waals surface area contributed by atoms with Crippen LogP contribution in [0, 0.1) is 12.8 Å². The van der Waals surface area contributed by atoms with E-state index in [2.05, 4.69) is 45.6 Å². The summed E-state index contributed by atoms with van der Waals surface area (Å²) in [6, 6.07) is 10.8. The van der Waals surface area contributed by atoms with Gasteiger partial charge < -0.3 is 5.32 Å². The van der Waals surface area contributed by atoms with E-state index in [-0.39, 0.29) is 0 Å². The van der Waals surface area contributed by atoms with Crippen LogP contribution in [0.25, 0.3) is 10.3 Å². The van der Waals surface area contributed by atoms with Gasteiger partial charge in [0.05, 0.1) is 10.4 Å². The number of piperidine rings is 1. The van der Waals surface area contributed by atoms with Crippen LogP contribution in [-0.2, 0) is 13.6 Å². The first-order valence-electron chi connectivity index (χ1n) is 8.99. The molecule has 1 aromatic carbocycles. The summed E-state index contributed by atoms with van der Waals surface area (Å²) in [5.74, 6) is 0.684. The molecule has 4 rings (SSSR count). The molecule has 1 N–H and O–H groups in total. The Labute approximate surface area is 152 Å². The van der Waals surface area contributed by atoms with Gasteiger partial charge in [0.2, 0.25) is 0 Å². The summed E-state index contributed by atoms with van der Waals surface area (Å²) in [7, 11) is 1.96. The average Bonchev–Trinajstić information content (AvgIpc) is 3.16. The first-order valence-corrected chi connectivity index (χ1v) is 9.81. The van der Waals surface area contributed by atoms with Gasteiger partial charge in [0, 0.05) is 26.7 Å². The molecule has 1 aliphatic rings. The molecular weight excluding hydrogens is 330 g/mol. The predicted octanol–water partition coefficient (Wildman–Crippen LogP) is 3.66. The maximum absolute atomic E-state index is 4.70. The predicted molar refractivity (Wildman–Crippen MR) is 104 cm³/mol. The van der Waals surface area contributed by atoms with Gasteiger partial charge >= 0.3 is 0 Å². The normalized spacial score (nSPS) is 18.7. The van der Waals surface area contributed by atoms with Crippen LogP contribution in [0.15, 0.2) is 30.3 Å². The van der Waals surface area contributed by atoms with Crippen molar-refractivity contribution in [3.8, 4) is 0 Å². The number of nitrogens with zero attached hydrogens (tertiary/aromatic N) is 4. The number of thiazole rings is 1. The van der Waals surface area contributed by atoms with Gasteiger partial charge in [-0.05, 0) is 37.8 Å². The molecule has 0 saturated carbocycles. The van der Waals surface area contributed by atoms with Gasteiger partial charge in [-0.1, -0.05) is 41.7 Å². The third-order valence-corrected chi connectivity index (χ3v) is 6.05. The Balaban J connectivity index is 1.34. The van der Waals surface area contributed by atoms with Crippen molar-refractivity contribution in [2.45, 2.75) is 26.3 Å². The van der Waals surface area contributed by atoms with E-state index in [1.165, 1.54) is 29.6 Å². The molecule has 5 nitrogen and oxygen atoms in total. The Morgan fingerprint density at radius 1 is 1.28 bits per heavy atom. The second-order valence-corrected chi connectivity index (χ2v) is 7.99. The highest BCUT2D eigenvalue weighted by molar-refractivity contribution is 7.22. The molecule has 132 valence electrons. The molecule has 2 aromatic heterocycles. The number of rotatable bonds is 5. The lowest BCUT2D eigenvalue weighted by Gasteiger charge is -2.32. The molecule has 1 aliphatic heterocycles. The van der Waals surface area contributed by atoms with Gasteiger partial charge in [-0.25, -0.2) is 9.67 Å². The zero-order valence-corrected chi connectivity index (χ0v) is 15.7. The summed E-state index contributed by atoms with van der Waals surface area (Å²) in [6.45, 7) is 6.47. The number of anilines is 1. The molecular formula is C19H25N5S. The fourth-order valence-corrected chi connectivity index (χ4v) is 4.63. The lowest BCUT2D eigenvalue weighted by molar-refractivity contribution is 0.173. The molecule has 1 fully saturated rings. The van der Waals surface area contributed by atoms with Crippen LogP contribution in [0.3, 0.4) is 0 Å². The van der Waals surface area contributed by atoms with E-state index in [1.54, 1.807) is 11.3 Å². The van der Waals surface area contributed by atoms with Gasteiger partial charge in [0.1, 0.15) is 0 Å².